The van der Waals surface area contributed by atoms with Gasteiger partial charge in [0.1, 0.15) is 5.69 Å². The summed E-state index contributed by atoms with van der Waals surface area (Å²) >= 11 is 0. The molecule has 0 bridgehead atoms. The van der Waals surface area contributed by atoms with Crippen molar-refractivity contribution in [3.63, 3.8) is 0 Å². The van der Waals surface area contributed by atoms with Crippen molar-refractivity contribution in [3.05, 3.63) is 64.0 Å². The lowest BCUT2D eigenvalue weighted by Gasteiger charge is -2.17. The van der Waals surface area contributed by atoms with Gasteiger partial charge >= 0.3 is 0 Å². The highest BCUT2D eigenvalue weighted by molar-refractivity contribution is 5.62. The zero-order valence-corrected chi connectivity index (χ0v) is 11.2. The van der Waals surface area contributed by atoms with E-state index in [1.807, 2.05) is 30.1 Å². The third-order valence-electron chi connectivity index (χ3n) is 2.97. The highest BCUT2D eigenvalue weighted by Crippen LogP contribution is 2.25. The monoisotopic (exact) mass is 272 g/mol. The van der Waals surface area contributed by atoms with Crippen molar-refractivity contribution < 1.29 is 4.92 Å². The minimum absolute atomic E-state index is 0.0475. The third kappa shape index (κ3) is 3.30. The Morgan fingerprint density at radius 2 is 2.05 bits per heavy atom. The van der Waals surface area contributed by atoms with Gasteiger partial charge in [-0.1, -0.05) is 18.2 Å². The molecule has 1 aromatic carbocycles. The Morgan fingerprint density at radius 3 is 2.70 bits per heavy atom. The number of nitrogens with zero attached hydrogens (tertiary/aromatic N) is 3. The van der Waals surface area contributed by atoms with Crippen LogP contribution in [-0.2, 0) is 13.1 Å². The molecule has 1 heterocycles. The molecule has 2 N–H and O–H groups in total. The van der Waals surface area contributed by atoms with Crippen LogP contribution in [0.3, 0.4) is 0 Å². The second-order valence-corrected chi connectivity index (χ2v) is 4.60. The fourth-order valence-corrected chi connectivity index (χ4v) is 2.01. The van der Waals surface area contributed by atoms with E-state index in [0.717, 1.165) is 11.3 Å². The molecule has 0 aliphatic carbocycles. The van der Waals surface area contributed by atoms with E-state index in [9.17, 15) is 10.1 Å². The smallest absolute Gasteiger partial charge is 0.292 e. The Morgan fingerprint density at radius 1 is 1.25 bits per heavy atom. The van der Waals surface area contributed by atoms with E-state index in [4.69, 9.17) is 5.73 Å². The number of rotatable bonds is 5. The number of aromatic nitrogens is 1. The molecule has 0 atom stereocenters. The van der Waals surface area contributed by atoms with Crippen LogP contribution in [0.2, 0.25) is 0 Å². The standard InChI is InChI=1S/C14H16N4O2/c1-17(10-12-6-2-3-8-16-12)9-11-5-4-7-13(14(11)15)18(19)20/h2-8H,9-10,15H2,1H3. The van der Waals surface area contributed by atoms with E-state index < -0.39 is 4.92 Å². The minimum atomic E-state index is -0.461. The van der Waals surface area contributed by atoms with Gasteiger partial charge in [0.25, 0.3) is 5.69 Å². The highest BCUT2D eigenvalue weighted by atomic mass is 16.6. The van der Waals surface area contributed by atoms with Gasteiger partial charge in [0, 0.05) is 25.4 Å². The average Bonchev–Trinajstić information content (AvgIpc) is 2.42. The highest BCUT2D eigenvalue weighted by Gasteiger charge is 2.15. The summed E-state index contributed by atoms with van der Waals surface area (Å²) in [6.45, 7) is 1.19. The molecular formula is C14H16N4O2. The molecule has 0 saturated heterocycles. The van der Waals surface area contributed by atoms with Crippen LogP contribution < -0.4 is 5.73 Å². The summed E-state index contributed by atoms with van der Waals surface area (Å²) in [4.78, 5) is 16.7. The number of anilines is 1. The zero-order chi connectivity index (χ0) is 14.5. The van der Waals surface area contributed by atoms with E-state index >= 15 is 0 Å². The van der Waals surface area contributed by atoms with Crippen LogP contribution >= 0.6 is 0 Å². The maximum Gasteiger partial charge on any atom is 0.292 e. The second-order valence-electron chi connectivity index (χ2n) is 4.60. The van der Waals surface area contributed by atoms with Crippen LogP contribution in [0.1, 0.15) is 11.3 Å². The molecule has 6 nitrogen and oxygen atoms in total. The van der Waals surface area contributed by atoms with Gasteiger partial charge in [0.15, 0.2) is 0 Å². The third-order valence-corrected chi connectivity index (χ3v) is 2.97. The van der Waals surface area contributed by atoms with E-state index in [1.54, 1.807) is 18.3 Å². The number of hydrogen-bond donors (Lipinski definition) is 1. The quantitative estimate of drug-likeness (QED) is 0.512. The Balaban J connectivity index is 2.10. The van der Waals surface area contributed by atoms with Crippen LogP contribution in [0.25, 0.3) is 0 Å². The van der Waals surface area contributed by atoms with Crippen molar-refractivity contribution in [3.8, 4) is 0 Å². The van der Waals surface area contributed by atoms with Crippen molar-refractivity contribution >= 4 is 11.4 Å². The van der Waals surface area contributed by atoms with Gasteiger partial charge in [-0.2, -0.15) is 0 Å². The molecule has 0 aliphatic heterocycles. The number of nitro groups is 1. The van der Waals surface area contributed by atoms with Gasteiger partial charge in [-0.15, -0.1) is 0 Å². The van der Waals surface area contributed by atoms with Crippen molar-refractivity contribution in [1.29, 1.82) is 0 Å². The zero-order valence-electron chi connectivity index (χ0n) is 11.2. The first-order chi connectivity index (χ1) is 9.58. The molecule has 0 saturated carbocycles. The Kier molecular flexibility index (Phi) is 4.27. The van der Waals surface area contributed by atoms with E-state index in [0.29, 0.717) is 13.1 Å². The largest absolute Gasteiger partial charge is 0.393 e. The number of nitrogens with two attached hydrogens (primary N) is 1. The first-order valence-corrected chi connectivity index (χ1v) is 6.18. The molecule has 0 fully saturated rings. The summed E-state index contributed by atoms with van der Waals surface area (Å²) in [5.74, 6) is 0. The van der Waals surface area contributed by atoms with E-state index in [-0.39, 0.29) is 11.4 Å². The molecule has 0 aliphatic rings. The first kappa shape index (κ1) is 14.0. The number of pyridine rings is 1. The van der Waals surface area contributed by atoms with Gasteiger partial charge in [0.05, 0.1) is 10.6 Å². The number of benzene rings is 1. The molecule has 20 heavy (non-hydrogen) atoms. The number of para-hydroxylation sites is 1. The van der Waals surface area contributed by atoms with Crippen molar-refractivity contribution in [1.82, 2.24) is 9.88 Å². The normalized spacial score (nSPS) is 10.7. The predicted molar refractivity (Wildman–Crippen MR) is 76.9 cm³/mol. The molecule has 0 amide bonds. The first-order valence-electron chi connectivity index (χ1n) is 6.18. The number of nitrogen functional groups attached to an aromatic ring is 1. The average molecular weight is 272 g/mol. The summed E-state index contributed by atoms with van der Waals surface area (Å²) in [7, 11) is 1.92. The minimum Gasteiger partial charge on any atom is -0.393 e. The predicted octanol–water partition coefficient (Wildman–Crippen LogP) is 2.20. The molecule has 2 rings (SSSR count). The number of hydrogen-bond acceptors (Lipinski definition) is 5. The van der Waals surface area contributed by atoms with Crippen LogP contribution in [0.5, 0.6) is 0 Å². The maximum absolute atomic E-state index is 10.9. The van der Waals surface area contributed by atoms with Gasteiger partial charge in [-0.25, -0.2) is 0 Å². The summed E-state index contributed by atoms with van der Waals surface area (Å²) in [6.07, 6.45) is 1.74. The fraction of sp³-hybridized carbons (Fsp3) is 0.214. The molecule has 1 aromatic heterocycles. The summed E-state index contributed by atoms with van der Waals surface area (Å²) in [5, 5.41) is 10.9. The SMILES string of the molecule is CN(Cc1ccccn1)Cc1cccc([N+](=O)[O-])c1N. The second kappa shape index (κ2) is 6.12. The molecule has 2 aromatic rings. The Hall–Kier alpha value is -2.47. The lowest BCUT2D eigenvalue weighted by Crippen LogP contribution is -2.19. The van der Waals surface area contributed by atoms with Crippen molar-refractivity contribution in [2.75, 3.05) is 12.8 Å². The molecular weight excluding hydrogens is 256 g/mol. The lowest BCUT2D eigenvalue weighted by atomic mass is 10.1. The van der Waals surface area contributed by atoms with Gasteiger partial charge in [-0.3, -0.25) is 20.0 Å². The molecule has 0 unspecified atom stereocenters. The van der Waals surface area contributed by atoms with Crippen LogP contribution in [0.15, 0.2) is 42.6 Å². The fourth-order valence-electron chi connectivity index (χ4n) is 2.01. The topological polar surface area (TPSA) is 85.3 Å². The van der Waals surface area contributed by atoms with Crippen LogP contribution in [0, 0.1) is 10.1 Å². The van der Waals surface area contributed by atoms with Gasteiger partial charge in [0.2, 0.25) is 0 Å². The molecule has 104 valence electrons. The Labute approximate surface area is 117 Å². The van der Waals surface area contributed by atoms with Crippen molar-refractivity contribution in [2.24, 2.45) is 0 Å². The summed E-state index contributed by atoms with van der Waals surface area (Å²) in [6, 6.07) is 10.6. The molecule has 0 radical (unpaired) electrons. The van der Waals surface area contributed by atoms with Gasteiger partial charge < -0.3 is 5.73 Å². The van der Waals surface area contributed by atoms with E-state index in [1.165, 1.54) is 6.07 Å². The number of nitro benzene ring substituents is 1. The van der Waals surface area contributed by atoms with Crippen LogP contribution in [-0.4, -0.2) is 21.9 Å². The summed E-state index contributed by atoms with van der Waals surface area (Å²) < 4.78 is 0. The maximum atomic E-state index is 10.9. The summed E-state index contributed by atoms with van der Waals surface area (Å²) in [5.41, 5.74) is 7.71. The lowest BCUT2D eigenvalue weighted by molar-refractivity contribution is -0.384. The Bertz CT molecular complexity index is 601. The van der Waals surface area contributed by atoms with Crippen LogP contribution in [0.4, 0.5) is 11.4 Å². The van der Waals surface area contributed by atoms with Gasteiger partial charge in [-0.05, 0) is 24.7 Å². The van der Waals surface area contributed by atoms with E-state index in [2.05, 4.69) is 4.98 Å². The molecule has 0 spiro atoms. The molecule has 6 heteroatoms. The van der Waals surface area contributed by atoms with Crippen molar-refractivity contribution in [2.45, 2.75) is 13.1 Å².